The first-order valence-electron chi connectivity index (χ1n) is 9.82. The third-order valence-electron chi connectivity index (χ3n) is 4.56. The van der Waals surface area contributed by atoms with Crippen LogP contribution in [0.4, 0.5) is 10.1 Å². The van der Waals surface area contributed by atoms with E-state index in [1.807, 2.05) is 6.92 Å². The van der Waals surface area contributed by atoms with Crippen LogP contribution < -0.4 is 14.4 Å². The number of benzene rings is 3. The molecule has 0 saturated carbocycles. The summed E-state index contributed by atoms with van der Waals surface area (Å²) in [6, 6.07) is 18.1. The zero-order chi connectivity index (χ0) is 23.1. The van der Waals surface area contributed by atoms with Crippen molar-refractivity contribution in [1.29, 1.82) is 0 Å². The van der Waals surface area contributed by atoms with Crippen molar-refractivity contribution in [2.24, 2.45) is 0 Å². The minimum Gasteiger partial charge on any atom is -0.494 e. The van der Waals surface area contributed by atoms with Gasteiger partial charge in [0.05, 0.1) is 17.2 Å². The minimum absolute atomic E-state index is 0.0160. The molecule has 1 N–H and O–H groups in total. The molecule has 0 spiro atoms. The van der Waals surface area contributed by atoms with Gasteiger partial charge in [0.2, 0.25) is 5.91 Å². The van der Waals surface area contributed by atoms with E-state index >= 15 is 0 Å². The number of nitrogens with one attached hydrogen (secondary N) is 1. The van der Waals surface area contributed by atoms with E-state index in [-0.39, 0.29) is 17.1 Å². The molecule has 168 valence electrons. The molecule has 0 atom stereocenters. The summed E-state index contributed by atoms with van der Waals surface area (Å²) in [5.41, 5.74) is 0.582. The lowest BCUT2D eigenvalue weighted by molar-refractivity contribution is -0.119. The highest BCUT2D eigenvalue weighted by Crippen LogP contribution is 2.26. The minimum atomic E-state index is -4.08. The number of carbonyl (C=O) groups excluding carboxylic acids is 1. The monoisotopic (exact) mass is 476 g/mol. The molecule has 0 aliphatic rings. The second-order valence-corrected chi connectivity index (χ2v) is 9.06. The van der Waals surface area contributed by atoms with Crippen LogP contribution in [-0.4, -0.2) is 27.5 Å². The van der Waals surface area contributed by atoms with Gasteiger partial charge in [-0.1, -0.05) is 29.8 Å². The highest BCUT2D eigenvalue weighted by Gasteiger charge is 2.27. The van der Waals surface area contributed by atoms with Crippen molar-refractivity contribution in [1.82, 2.24) is 5.32 Å². The molecule has 9 heteroatoms. The summed E-state index contributed by atoms with van der Waals surface area (Å²) in [6.45, 7) is 1.74. The fourth-order valence-corrected chi connectivity index (χ4v) is 4.49. The van der Waals surface area contributed by atoms with Crippen LogP contribution in [0.2, 0.25) is 5.02 Å². The third kappa shape index (κ3) is 5.77. The Labute approximate surface area is 191 Å². The SMILES string of the molecule is CCOc1ccc(N(CC(=O)NCc2ccccc2F)S(=O)(=O)c2ccc(Cl)cc2)cc1. The third-order valence-corrected chi connectivity index (χ3v) is 6.60. The van der Waals surface area contributed by atoms with Gasteiger partial charge >= 0.3 is 0 Å². The Morgan fingerprint density at radius 1 is 1.03 bits per heavy atom. The van der Waals surface area contributed by atoms with Crippen LogP contribution in [-0.2, 0) is 21.4 Å². The van der Waals surface area contributed by atoms with Gasteiger partial charge in [-0.3, -0.25) is 9.10 Å². The smallest absolute Gasteiger partial charge is 0.264 e. The quantitative estimate of drug-likeness (QED) is 0.497. The predicted molar refractivity (Wildman–Crippen MR) is 122 cm³/mol. The maximum atomic E-state index is 13.8. The van der Waals surface area contributed by atoms with Crippen LogP contribution in [0, 0.1) is 5.82 Å². The summed E-state index contributed by atoms with van der Waals surface area (Å²) in [6.07, 6.45) is 0. The van der Waals surface area contributed by atoms with Crippen LogP contribution in [0.5, 0.6) is 5.75 Å². The van der Waals surface area contributed by atoms with Crippen molar-refractivity contribution >= 4 is 33.2 Å². The average molecular weight is 477 g/mol. The maximum absolute atomic E-state index is 13.8. The molecular formula is C23H22ClFN2O4S. The van der Waals surface area contributed by atoms with Gasteiger partial charge in [-0.25, -0.2) is 12.8 Å². The van der Waals surface area contributed by atoms with Crippen molar-refractivity contribution in [3.63, 3.8) is 0 Å². The lowest BCUT2D eigenvalue weighted by Gasteiger charge is -2.24. The molecule has 3 rings (SSSR count). The predicted octanol–water partition coefficient (Wildman–Crippen LogP) is 4.39. The molecule has 3 aromatic carbocycles. The number of ether oxygens (including phenoxy) is 1. The van der Waals surface area contributed by atoms with E-state index in [9.17, 15) is 17.6 Å². The first kappa shape index (κ1) is 23.6. The van der Waals surface area contributed by atoms with Crippen LogP contribution in [0.15, 0.2) is 77.7 Å². The molecule has 1 amide bonds. The summed E-state index contributed by atoms with van der Waals surface area (Å²) in [7, 11) is -4.08. The summed E-state index contributed by atoms with van der Waals surface area (Å²) in [4.78, 5) is 12.6. The standard InChI is InChI=1S/C23H22ClFN2O4S/c1-2-31-20-11-9-19(10-12-20)27(32(29,30)21-13-7-18(24)8-14-21)16-23(28)26-15-17-5-3-4-6-22(17)25/h3-14H,2,15-16H2,1H3,(H,26,28). The molecule has 0 saturated heterocycles. The average Bonchev–Trinajstić information content (AvgIpc) is 2.78. The van der Waals surface area contributed by atoms with Crippen LogP contribution in [0.1, 0.15) is 12.5 Å². The normalized spacial score (nSPS) is 11.1. The Hall–Kier alpha value is -3.10. The molecule has 0 heterocycles. The summed E-state index contributed by atoms with van der Waals surface area (Å²) < 4.78 is 46.9. The molecule has 0 radical (unpaired) electrons. The van der Waals surface area contributed by atoms with E-state index < -0.39 is 28.3 Å². The summed E-state index contributed by atoms with van der Waals surface area (Å²) >= 11 is 5.88. The summed E-state index contributed by atoms with van der Waals surface area (Å²) in [5.74, 6) is -0.464. The Bertz CT molecular complexity index is 1170. The van der Waals surface area contributed by atoms with Gasteiger partial charge in [-0.2, -0.15) is 0 Å². The lowest BCUT2D eigenvalue weighted by Crippen LogP contribution is -2.40. The van der Waals surface area contributed by atoms with Gasteiger partial charge in [0.15, 0.2) is 0 Å². The van der Waals surface area contributed by atoms with Crippen molar-refractivity contribution in [3.8, 4) is 5.75 Å². The second kappa shape index (κ2) is 10.5. The lowest BCUT2D eigenvalue weighted by atomic mass is 10.2. The molecule has 0 aliphatic carbocycles. The molecule has 0 unspecified atom stereocenters. The van der Waals surface area contributed by atoms with Gasteiger partial charge in [0.1, 0.15) is 18.1 Å². The van der Waals surface area contributed by atoms with Gasteiger partial charge in [-0.15, -0.1) is 0 Å². The Kier molecular flexibility index (Phi) is 7.71. The van der Waals surface area contributed by atoms with Crippen molar-refractivity contribution in [2.75, 3.05) is 17.5 Å². The van der Waals surface area contributed by atoms with E-state index in [0.29, 0.717) is 22.9 Å². The molecule has 6 nitrogen and oxygen atoms in total. The topological polar surface area (TPSA) is 75.7 Å². The fraction of sp³-hybridized carbons (Fsp3) is 0.174. The number of amides is 1. The zero-order valence-corrected chi connectivity index (χ0v) is 18.9. The van der Waals surface area contributed by atoms with Crippen LogP contribution in [0.25, 0.3) is 0 Å². The van der Waals surface area contributed by atoms with Crippen molar-refractivity contribution in [3.05, 3.63) is 89.2 Å². The number of halogens is 2. The Morgan fingerprint density at radius 2 is 1.69 bits per heavy atom. The molecule has 32 heavy (non-hydrogen) atoms. The zero-order valence-electron chi connectivity index (χ0n) is 17.3. The van der Waals surface area contributed by atoms with E-state index in [1.165, 1.54) is 30.3 Å². The summed E-state index contributed by atoms with van der Waals surface area (Å²) in [5, 5.41) is 2.96. The Balaban J connectivity index is 1.86. The van der Waals surface area contributed by atoms with E-state index in [2.05, 4.69) is 5.32 Å². The van der Waals surface area contributed by atoms with Gasteiger partial charge < -0.3 is 10.1 Å². The number of rotatable bonds is 9. The molecule has 3 aromatic rings. The van der Waals surface area contributed by atoms with Gasteiger partial charge in [-0.05, 0) is 61.5 Å². The molecule has 0 fully saturated rings. The highest BCUT2D eigenvalue weighted by atomic mass is 35.5. The first-order chi connectivity index (χ1) is 15.3. The van der Waals surface area contributed by atoms with Crippen molar-refractivity contribution < 1.29 is 22.3 Å². The molecule has 0 aromatic heterocycles. The largest absolute Gasteiger partial charge is 0.494 e. The first-order valence-corrected chi connectivity index (χ1v) is 11.6. The number of hydrogen-bond acceptors (Lipinski definition) is 4. The number of carbonyl (C=O) groups is 1. The van der Waals surface area contributed by atoms with E-state index in [1.54, 1.807) is 42.5 Å². The molecular weight excluding hydrogens is 455 g/mol. The number of sulfonamides is 1. The van der Waals surface area contributed by atoms with Gasteiger partial charge in [0, 0.05) is 17.1 Å². The van der Waals surface area contributed by atoms with E-state index in [4.69, 9.17) is 16.3 Å². The van der Waals surface area contributed by atoms with Crippen LogP contribution in [0.3, 0.4) is 0 Å². The van der Waals surface area contributed by atoms with Crippen LogP contribution >= 0.6 is 11.6 Å². The van der Waals surface area contributed by atoms with Crippen molar-refractivity contribution in [2.45, 2.75) is 18.4 Å². The number of nitrogens with zero attached hydrogens (tertiary/aromatic N) is 1. The Morgan fingerprint density at radius 3 is 2.31 bits per heavy atom. The van der Waals surface area contributed by atoms with E-state index in [0.717, 1.165) is 4.31 Å². The molecule has 0 bridgehead atoms. The fourth-order valence-electron chi connectivity index (χ4n) is 2.95. The number of anilines is 1. The maximum Gasteiger partial charge on any atom is 0.264 e. The highest BCUT2D eigenvalue weighted by molar-refractivity contribution is 7.92. The number of hydrogen-bond donors (Lipinski definition) is 1. The van der Waals surface area contributed by atoms with Gasteiger partial charge in [0.25, 0.3) is 10.0 Å². The second-order valence-electron chi connectivity index (χ2n) is 6.76. The molecule has 0 aliphatic heterocycles.